The van der Waals surface area contributed by atoms with Crippen molar-refractivity contribution in [2.45, 2.75) is 57.1 Å². The van der Waals surface area contributed by atoms with Crippen LogP contribution in [0.2, 0.25) is 10.0 Å². The van der Waals surface area contributed by atoms with Gasteiger partial charge >= 0.3 is 6.03 Å². The maximum atomic E-state index is 14.9. The Balaban J connectivity index is 1.68. The lowest BCUT2D eigenvalue weighted by molar-refractivity contribution is 0.122. The lowest BCUT2D eigenvalue weighted by atomic mass is 9.93. The van der Waals surface area contributed by atoms with Crippen LogP contribution >= 0.6 is 23.2 Å². The highest BCUT2D eigenvalue weighted by Gasteiger charge is 2.45. The molecule has 1 N–H and O–H groups in total. The monoisotopic (exact) mass is 777 g/mol. The van der Waals surface area contributed by atoms with E-state index in [1.807, 2.05) is 36.1 Å². The molecule has 2 amide bonds. The molecule has 2 atom stereocenters. The van der Waals surface area contributed by atoms with Crippen LogP contribution in [-0.4, -0.2) is 100 Å². The van der Waals surface area contributed by atoms with Gasteiger partial charge in [-0.25, -0.2) is 26.4 Å². The smallest absolute Gasteiger partial charge is 0.326 e. The molecule has 3 aromatic carbocycles. The van der Waals surface area contributed by atoms with E-state index in [0.29, 0.717) is 59.6 Å². The van der Waals surface area contributed by atoms with Gasteiger partial charge in [0.1, 0.15) is 27.5 Å². The summed E-state index contributed by atoms with van der Waals surface area (Å²) in [7, 11) is -7.15. The average Bonchev–Trinajstić information content (AvgIpc) is 3.43. The zero-order valence-corrected chi connectivity index (χ0v) is 32.8. The van der Waals surface area contributed by atoms with Crippen LogP contribution in [0.3, 0.4) is 0 Å². The Labute approximate surface area is 311 Å². The van der Waals surface area contributed by atoms with E-state index >= 15 is 0 Å². The first kappa shape index (κ1) is 39.0. The SMILES string of the molecule is CCOc1cc(C)c(S(=O)(=O)NC(C)(C)C)cc1C1=N[C@@H](c2ccc(Cl)cc2)[C@@H](c2ccc(Cl)cc2)N1C(=O)N1CCN(CCS(C)(=O)=O)CC1. The summed E-state index contributed by atoms with van der Waals surface area (Å²) >= 11 is 12.6. The quantitative estimate of drug-likeness (QED) is 0.263. The fraction of sp³-hybridized carbons (Fsp3) is 0.444. The topological polar surface area (TPSA) is 129 Å². The number of sulfonamides is 1. The molecule has 5 rings (SSSR count). The van der Waals surface area contributed by atoms with E-state index in [9.17, 15) is 21.6 Å². The summed E-state index contributed by atoms with van der Waals surface area (Å²) in [5, 5.41) is 1.08. The summed E-state index contributed by atoms with van der Waals surface area (Å²) in [4.78, 5) is 25.6. The Kier molecular flexibility index (Phi) is 11.8. The van der Waals surface area contributed by atoms with Gasteiger partial charge in [-0.3, -0.25) is 14.8 Å². The molecule has 2 heterocycles. The number of nitrogens with one attached hydrogen (secondary N) is 1. The Morgan fingerprint density at radius 3 is 2.02 bits per heavy atom. The Morgan fingerprint density at radius 2 is 1.49 bits per heavy atom. The average molecular weight is 779 g/mol. The van der Waals surface area contributed by atoms with Crippen molar-refractivity contribution < 1.29 is 26.4 Å². The number of amides is 2. The molecule has 3 aromatic rings. The van der Waals surface area contributed by atoms with E-state index in [1.165, 1.54) is 6.26 Å². The highest BCUT2D eigenvalue weighted by atomic mass is 35.5. The minimum absolute atomic E-state index is 0.0359. The first-order chi connectivity index (χ1) is 23.9. The number of sulfone groups is 1. The molecule has 51 heavy (non-hydrogen) atoms. The molecule has 0 unspecified atom stereocenters. The van der Waals surface area contributed by atoms with Crippen molar-refractivity contribution in [2.24, 2.45) is 4.99 Å². The Hall–Kier alpha value is -3.20. The van der Waals surface area contributed by atoms with Crippen LogP contribution in [0.15, 0.2) is 70.6 Å². The number of ether oxygens (including phenoxy) is 1. The molecule has 0 spiro atoms. The fourth-order valence-electron chi connectivity index (χ4n) is 6.32. The van der Waals surface area contributed by atoms with Gasteiger partial charge in [-0.2, -0.15) is 0 Å². The van der Waals surface area contributed by atoms with E-state index in [2.05, 4.69) is 4.72 Å². The Morgan fingerprint density at radius 1 is 0.922 bits per heavy atom. The molecule has 2 aliphatic heterocycles. The predicted octanol–water partition coefficient (Wildman–Crippen LogP) is 6.10. The zero-order chi connectivity index (χ0) is 37.3. The minimum Gasteiger partial charge on any atom is -0.493 e. The number of aliphatic imine (C=N–C) groups is 1. The summed E-state index contributed by atoms with van der Waals surface area (Å²) < 4.78 is 60.1. The molecule has 0 aromatic heterocycles. The summed E-state index contributed by atoms with van der Waals surface area (Å²) in [6, 6.07) is 16.1. The number of urea groups is 1. The van der Waals surface area contributed by atoms with E-state index in [1.54, 1.807) is 73.9 Å². The maximum Gasteiger partial charge on any atom is 0.326 e. The molecular weight excluding hydrogens is 733 g/mol. The summed E-state index contributed by atoms with van der Waals surface area (Å²) in [5.74, 6) is 0.683. The summed E-state index contributed by atoms with van der Waals surface area (Å²) in [6.07, 6.45) is 1.21. The van der Waals surface area contributed by atoms with Gasteiger partial charge in [-0.05, 0) is 87.7 Å². The van der Waals surface area contributed by atoms with Crippen LogP contribution < -0.4 is 9.46 Å². The standard InChI is InChI=1S/C36H45Cl2N5O6S2/c1-7-49-30-22-24(2)31(51(47,48)40-36(3,4)5)23-29(30)34-39-32(25-8-12-27(37)13-9-25)33(26-10-14-28(38)15-11-26)43(34)35(44)42-18-16-41(17-19-42)20-21-50(6,45)46/h8-15,22-23,32-33,40H,7,16-21H2,1-6H3/t32-,33+/m0/s1. The van der Waals surface area contributed by atoms with Crippen molar-refractivity contribution in [3.63, 3.8) is 0 Å². The van der Waals surface area contributed by atoms with Gasteiger partial charge in [0.05, 0.1) is 28.9 Å². The molecule has 0 saturated carbocycles. The molecule has 1 fully saturated rings. The molecule has 1 saturated heterocycles. The highest BCUT2D eigenvalue weighted by Crippen LogP contribution is 2.46. The number of amidine groups is 1. The second kappa shape index (κ2) is 15.4. The normalized spacial score (nSPS) is 18.9. The number of piperazine rings is 1. The number of benzene rings is 3. The molecule has 0 radical (unpaired) electrons. The maximum absolute atomic E-state index is 14.9. The third-order valence-electron chi connectivity index (χ3n) is 8.67. The first-order valence-corrected chi connectivity index (χ1v) is 21.1. The van der Waals surface area contributed by atoms with E-state index in [4.69, 9.17) is 32.9 Å². The van der Waals surface area contributed by atoms with Gasteiger partial charge in [-0.15, -0.1) is 0 Å². The van der Waals surface area contributed by atoms with Gasteiger partial charge < -0.3 is 9.64 Å². The van der Waals surface area contributed by atoms with Crippen LogP contribution in [0.4, 0.5) is 4.79 Å². The summed E-state index contributed by atoms with van der Waals surface area (Å²) in [6.45, 7) is 11.2. The van der Waals surface area contributed by atoms with Gasteiger partial charge in [0.25, 0.3) is 0 Å². The molecule has 15 heteroatoms. The molecule has 2 aliphatic rings. The Bertz CT molecular complexity index is 1990. The van der Waals surface area contributed by atoms with Crippen LogP contribution in [0, 0.1) is 6.92 Å². The third kappa shape index (κ3) is 9.43. The molecule has 0 aliphatic carbocycles. The van der Waals surface area contributed by atoms with Gasteiger partial charge in [-0.1, -0.05) is 47.5 Å². The first-order valence-electron chi connectivity index (χ1n) is 16.8. The van der Waals surface area contributed by atoms with Crippen LogP contribution in [-0.2, 0) is 19.9 Å². The number of nitrogens with zero attached hydrogens (tertiary/aromatic N) is 4. The van der Waals surface area contributed by atoms with Gasteiger partial charge in [0, 0.05) is 54.6 Å². The zero-order valence-electron chi connectivity index (χ0n) is 29.7. The van der Waals surface area contributed by atoms with Crippen molar-refractivity contribution in [3.8, 4) is 5.75 Å². The number of halogens is 2. The molecule has 0 bridgehead atoms. The summed E-state index contributed by atoms with van der Waals surface area (Å²) in [5.41, 5.74) is 1.65. The lowest BCUT2D eigenvalue weighted by Crippen LogP contribution is -2.54. The number of hydrogen-bond donors (Lipinski definition) is 1. The van der Waals surface area contributed by atoms with Crippen LogP contribution in [0.25, 0.3) is 0 Å². The number of carbonyl (C=O) groups is 1. The molecule has 11 nitrogen and oxygen atoms in total. The molecule has 276 valence electrons. The number of rotatable bonds is 10. The predicted molar refractivity (Wildman–Crippen MR) is 202 cm³/mol. The third-order valence-corrected chi connectivity index (χ3v) is 12.0. The van der Waals surface area contributed by atoms with Crippen LogP contribution in [0.1, 0.15) is 62.0 Å². The van der Waals surface area contributed by atoms with Gasteiger partial charge in [0.15, 0.2) is 0 Å². The molecular formula is C36H45Cl2N5O6S2. The van der Waals surface area contributed by atoms with Crippen molar-refractivity contribution in [2.75, 3.05) is 51.3 Å². The van der Waals surface area contributed by atoms with Crippen LogP contribution in [0.5, 0.6) is 5.75 Å². The lowest BCUT2D eigenvalue weighted by Gasteiger charge is -2.39. The van der Waals surface area contributed by atoms with E-state index in [-0.39, 0.29) is 29.1 Å². The second-order valence-corrected chi connectivity index (χ2v) is 18.7. The number of carbonyl (C=O) groups excluding carboxylic acids is 1. The van der Waals surface area contributed by atoms with Gasteiger partial charge in [0.2, 0.25) is 10.0 Å². The minimum atomic E-state index is -4.01. The van der Waals surface area contributed by atoms with E-state index < -0.39 is 37.5 Å². The number of aryl methyl sites for hydroxylation is 1. The largest absolute Gasteiger partial charge is 0.493 e. The van der Waals surface area contributed by atoms with Crippen molar-refractivity contribution in [3.05, 3.63) is 93.0 Å². The van der Waals surface area contributed by atoms with Crippen molar-refractivity contribution >= 4 is 54.9 Å². The highest BCUT2D eigenvalue weighted by molar-refractivity contribution is 7.90. The fourth-order valence-corrected chi connectivity index (χ4v) is 8.84. The second-order valence-electron chi connectivity index (χ2n) is 14.0. The van der Waals surface area contributed by atoms with E-state index in [0.717, 1.165) is 11.1 Å². The van der Waals surface area contributed by atoms with Crippen molar-refractivity contribution in [1.29, 1.82) is 0 Å². The van der Waals surface area contributed by atoms with Crippen molar-refractivity contribution in [1.82, 2.24) is 19.4 Å². The number of hydrogen-bond acceptors (Lipinski definition) is 8.